The van der Waals surface area contributed by atoms with Gasteiger partial charge < -0.3 is 4.57 Å². The van der Waals surface area contributed by atoms with Crippen LogP contribution in [-0.2, 0) is 6.54 Å². The Morgan fingerprint density at radius 1 is 0.850 bits per heavy atom. The Balaban J connectivity index is 2.08. The first-order chi connectivity index (χ1) is 9.56. The molecule has 0 fully saturated rings. The molecule has 0 amide bonds. The average molecular weight is 263 g/mol. The third-order valence-electron chi connectivity index (χ3n) is 4.20. The van der Waals surface area contributed by atoms with Crippen molar-refractivity contribution in [3.63, 3.8) is 0 Å². The zero-order chi connectivity index (χ0) is 14.3. The summed E-state index contributed by atoms with van der Waals surface area (Å²) in [6, 6.07) is 13.3. The number of aromatic nitrogens is 1. The highest BCUT2D eigenvalue weighted by atomic mass is 14.9. The number of rotatable bonds is 2. The monoisotopic (exact) mass is 263 g/mol. The van der Waals surface area contributed by atoms with Crippen LogP contribution in [0.1, 0.15) is 27.8 Å². The van der Waals surface area contributed by atoms with E-state index in [1.807, 2.05) is 0 Å². The number of nitrogens with zero attached hydrogens (tertiary/aromatic N) is 1. The van der Waals surface area contributed by atoms with Gasteiger partial charge in [0.1, 0.15) is 0 Å². The van der Waals surface area contributed by atoms with Crippen LogP contribution in [0.5, 0.6) is 0 Å². The maximum atomic E-state index is 2.35. The van der Waals surface area contributed by atoms with Crippen LogP contribution < -0.4 is 0 Å². The summed E-state index contributed by atoms with van der Waals surface area (Å²) < 4.78 is 2.35. The van der Waals surface area contributed by atoms with Gasteiger partial charge in [0, 0.05) is 23.6 Å². The van der Waals surface area contributed by atoms with Gasteiger partial charge in [-0.1, -0.05) is 29.8 Å². The molecule has 20 heavy (non-hydrogen) atoms. The molecule has 0 aliphatic rings. The summed E-state index contributed by atoms with van der Waals surface area (Å²) >= 11 is 0. The fourth-order valence-corrected chi connectivity index (χ4v) is 3.14. The molecule has 3 rings (SSSR count). The molecule has 0 aliphatic heterocycles. The first kappa shape index (κ1) is 13.0. The lowest BCUT2D eigenvalue weighted by Gasteiger charge is -2.13. The van der Waals surface area contributed by atoms with Gasteiger partial charge in [-0.25, -0.2) is 0 Å². The van der Waals surface area contributed by atoms with Crippen molar-refractivity contribution < 1.29 is 0 Å². The molecule has 0 bridgehead atoms. The maximum absolute atomic E-state index is 2.35. The number of hydrogen-bond donors (Lipinski definition) is 0. The van der Waals surface area contributed by atoms with Crippen LogP contribution in [0.3, 0.4) is 0 Å². The summed E-state index contributed by atoms with van der Waals surface area (Å²) in [5, 5.41) is 1.36. The van der Waals surface area contributed by atoms with Crippen LogP contribution in [-0.4, -0.2) is 4.57 Å². The van der Waals surface area contributed by atoms with Crippen LogP contribution in [0, 0.1) is 27.7 Å². The number of fused-ring (bicyclic) bond motifs is 1. The molecule has 0 saturated heterocycles. The predicted octanol–water partition coefficient (Wildman–Crippen LogP) is 4.92. The van der Waals surface area contributed by atoms with Gasteiger partial charge in [0.05, 0.1) is 0 Å². The molecule has 0 saturated carbocycles. The van der Waals surface area contributed by atoms with Crippen molar-refractivity contribution in [3.8, 4) is 0 Å². The van der Waals surface area contributed by atoms with Gasteiger partial charge in [0.25, 0.3) is 0 Å². The molecule has 102 valence electrons. The fraction of sp³-hybridized carbons (Fsp3) is 0.263. The van der Waals surface area contributed by atoms with Gasteiger partial charge in [0.2, 0.25) is 0 Å². The molecule has 1 aromatic heterocycles. The molecule has 0 atom stereocenters. The summed E-state index contributed by atoms with van der Waals surface area (Å²) in [6.07, 6.45) is 2.20. The first-order valence-corrected chi connectivity index (χ1v) is 7.17. The lowest BCUT2D eigenvalue weighted by Crippen LogP contribution is -2.03. The van der Waals surface area contributed by atoms with E-state index in [-0.39, 0.29) is 0 Å². The van der Waals surface area contributed by atoms with E-state index in [0.29, 0.717) is 0 Å². The predicted molar refractivity (Wildman–Crippen MR) is 86.4 cm³/mol. The molecule has 1 nitrogen and oxygen atoms in total. The number of hydrogen-bond acceptors (Lipinski definition) is 0. The third-order valence-corrected chi connectivity index (χ3v) is 4.20. The van der Waals surface area contributed by atoms with Crippen molar-refractivity contribution in [2.75, 3.05) is 0 Å². The molecule has 2 aromatic carbocycles. The lowest BCUT2D eigenvalue weighted by molar-refractivity contribution is 0.823. The summed E-state index contributed by atoms with van der Waals surface area (Å²) in [5.41, 5.74) is 8.23. The van der Waals surface area contributed by atoms with Crippen LogP contribution >= 0.6 is 0 Å². The Hall–Kier alpha value is -2.02. The van der Waals surface area contributed by atoms with E-state index < -0.39 is 0 Å². The molecule has 0 radical (unpaired) electrons. The van der Waals surface area contributed by atoms with E-state index in [0.717, 1.165) is 6.54 Å². The molecule has 1 heterocycles. The van der Waals surface area contributed by atoms with Crippen LogP contribution in [0.2, 0.25) is 0 Å². The van der Waals surface area contributed by atoms with Gasteiger partial charge in [-0.15, -0.1) is 0 Å². The molecule has 0 N–H and O–H groups in total. The second-order valence-electron chi connectivity index (χ2n) is 5.83. The van der Waals surface area contributed by atoms with Crippen molar-refractivity contribution in [2.24, 2.45) is 0 Å². The summed E-state index contributed by atoms with van der Waals surface area (Å²) in [7, 11) is 0. The normalized spacial score (nSPS) is 11.2. The van der Waals surface area contributed by atoms with Gasteiger partial charge in [-0.3, -0.25) is 0 Å². The minimum Gasteiger partial charge on any atom is -0.343 e. The fourth-order valence-electron chi connectivity index (χ4n) is 3.14. The largest absolute Gasteiger partial charge is 0.343 e. The molecule has 1 heteroatoms. The Morgan fingerprint density at radius 2 is 1.55 bits per heavy atom. The van der Waals surface area contributed by atoms with Crippen molar-refractivity contribution in [1.82, 2.24) is 4.57 Å². The SMILES string of the molecule is Cc1cc(C)c(Cn2ccc3c(C)cccc32)c(C)c1. The topological polar surface area (TPSA) is 4.93 Å². The molecular formula is C19H21N. The number of aryl methyl sites for hydroxylation is 4. The zero-order valence-electron chi connectivity index (χ0n) is 12.7. The Morgan fingerprint density at radius 3 is 2.25 bits per heavy atom. The second-order valence-corrected chi connectivity index (χ2v) is 5.83. The summed E-state index contributed by atoms with van der Waals surface area (Å²) in [4.78, 5) is 0. The Labute approximate surface area is 120 Å². The Bertz CT molecular complexity index is 755. The van der Waals surface area contributed by atoms with E-state index in [2.05, 4.69) is 74.9 Å². The highest BCUT2D eigenvalue weighted by molar-refractivity contribution is 5.83. The quantitative estimate of drug-likeness (QED) is 0.618. The first-order valence-electron chi connectivity index (χ1n) is 7.17. The second kappa shape index (κ2) is 4.82. The maximum Gasteiger partial charge on any atom is 0.0486 e. The molecule has 3 aromatic rings. The van der Waals surface area contributed by atoms with Crippen LogP contribution in [0.25, 0.3) is 10.9 Å². The zero-order valence-corrected chi connectivity index (χ0v) is 12.7. The third kappa shape index (κ3) is 2.14. The van der Waals surface area contributed by atoms with Crippen molar-refractivity contribution in [2.45, 2.75) is 34.2 Å². The standard InChI is InChI=1S/C19H21N/c1-13-10-15(3)18(16(4)11-13)12-20-9-8-17-14(2)6-5-7-19(17)20/h5-11H,12H2,1-4H3. The van der Waals surface area contributed by atoms with Gasteiger partial charge in [0.15, 0.2) is 0 Å². The van der Waals surface area contributed by atoms with Gasteiger partial charge in [-0.05, 0) is 62.1 Å². The van der Waals surface area contributed by atoms with E-state index >= 15 is 0 Å². The van der Waals surface area contributed by atoms with E-state index in [1.54, 1.807) is 0 Å². The van der Waals surface area contributed by atoms with Gasteiger partial charge in [-0.2, -0.15) is 0 Å². The molecule has 0 aliphatic carbocycles. The summed E-state index contributed by atoms with van der Waals surface area (Å²) in [6.45, 7) is 9.72. The highest BCUT2D eigenvalue weighted by Gasteiger charge is 2.07. The van der Waals surface area contributed by atoms with Gasteiger partial charge >= 0.3 is 0 Å². The van der Waals surface area contributed by atoms with Crippen molar-refractivity contribution in [1.29, 1.82) is 0 Å². The average Bonchev–Trinajstić information content (AvgIpc) is 2.78. The van der Waals surface area contributed by atoms with Crippen molar-refractivity contribution >= 4 is 10.9 Å². The van der Waals surface area contributed by atoms with E-state index in [9.17, 15) is 0 Å². The molecule has 0 unspecified atom stereocenters. The Kier molecular flexibility index (Phi) is 3.13. The van der Waals surface area contributed by atoms with E-state index in [4.69, 9.17) is 0 Å². The lowest BCUT2D eigenvalue weighted by atomic mass is 10.00. The number of benzene rings is 2. The highest BCUT2D eigenvalue weighted by Crippen LogP contribution is 2.23. The van der Waals surface area contributed by atoms with Crippen LogP contribution in [0.15, 0.2) is 42.6 Å². The minimum absolute atomic E-state index is 0.949. The smallest absolute Gasteiger partial charge is 0.0486 e. The molecular weight excluding hydrogens is 242 g/mol. The minimum atomic E-state index is 0.949. The summed E-state index contributed by atoms with van der Waals surface area (Å²) in [5.74, 6) is 0. The van der Waals surface area contributed by atoms with E-state index in [1.165, 1.54) is 38.7 Å². The molecule has 0 spiro atoms. The van der Waals surface area contributed by atoms with Crippen LogP contribution in [0.4, 0.5) is 0 Å². The van der Waals surface area contributed by atoms with Crippen molar-refractivity contribution in [3.05, 3.63) is 70.4 Å².